The molecule has 8 heteroatoms. The van der Waals surface area contributed by atoms with Gasteiger partial charge in [0.25, 0.3) is 10.0 Å². The van der Waals surface area contributed by atoms with Gasteiger partial charge in [-0.05, 0) is 66.8 Å². The molecule has 2 N–H and O–H groups in total. The Morgan fingerprint density at radius 3 is 2.58 bits per heavy atom. The Bertz CT molecular complexity index is 1280. The molecular weight excluding hydrogens is 492 g/mol. The molecule has 0 saturated heterocycles. The molecule has 1 aromatic heterocycles. The molecule has 3 aromatic rings. The van der Waals surface area contributed by atoms with Gasteiger partial charge >= 0.3 is 0 Å². The smallest absolute Gasteiger partial charge is 0.271 e. The molecule has 0 amide bonds. The fourth-order valence-electron chi connectivity index (χ4n) is 5.11. The van der Waals surface area contributed by atoms with E-state index in [0.717, 1.165) is 21.9 Å². The third-order valence-corrected chi connectivity index (χ3v) is 10.1. The van der Waals surface area contributed by atoms with E-state index in [2.05, 4.69) is 17.0 Å². The number of fused-ring (bicyclic) bond motifs is 1. The Kier molecular flexibility index (Phi) is 7.84. The Morgan fingerprint density at radius 2 is 1.75 bits per heavy atom. The van der Waals surface area contributed by atoms with Crippen LogP contribution in [0.15, 0.2) is 58.8 Å². The predicted octanol–water partition coefficient (Wildman–Crippen LogP) is 6.78. The zero-order valence-electron chi connectivity index (χ0n) is 20.7. The van der Waals surface area contributed by atoms with E-state index in [1.165, 1.54) is 56.3 Å². The van der Waals surface area contributed by atoms with Gasteiger partial charge in [-0.15, -0.1) is 11.3 Å². The van der Waals surface area contributed by atoms with Gasteiger partial charge in [0.1, 0.15) is 4.21 Å². The van der Waals surface area contributed by atoms with Crippen LogP contribution in [-0.4, -0.2) is 21.3 Å². The standard InChI is InChI=1S/C28H34N2O4S2/c1-20(16-21-8-4-2-3-5-9-21)29-18-23-10-6-7-11-24(23)30-36(31,32)28-15-14-27(35-28)22-12-13-25-26(17-22)34-19-33-25/h6-7,10-15,17,20-21,29-30H,2-5,8-9,16,18-19H2,1H3/t20-/m0/s1. The number of hydrogen-bond donors (Lipinski definition) is 2. The molecule has 2 aromatic carbocycles. The summed E-state index contributed by atoms with van der Waals surface area (Å²) in [6.45, 7) is 3.07. The van der Waals surface area contributed by atoms with Crippen molar-refractivity contribution in [2.45, 2.75) is 68.7 Å². The molecule has 6 nitrogen and oxygen atoms in total. The van der Waals surface area contributed by atoms with Gasteiger partial charge in [-0.1, -0.05) is 56.7 Å². The average molecular weight is 527 g/mol. The summed E-state index contributed by atoms with van der Waals surface area (Å²) in [6.07, 6.45) is 9.27. The molecule has 0 bridgehead atoms. The van der Waals surface area contributed by atoms with E-state index in [1.54, 1.807) is 6.07 Å². The second-order valence-electron chi connectivity index (χ2n) is 9.82. The van der Waals surface area contributed by atoms with Gasteiger partial charge in [-0.2, -0.15) is 0 Å². The van der Waals surface area contributed by atoms with Gasteiger partial charge in [-0.3, -0.25) is 4.72 Å². The number of ether oxygens (including phenoxy) is 2. The van der Waals surface area contributed by atoms with E-state index in [1.807, 2.05) is 48.5 Å². The summed E-state index contributed by atoms with van der Waals surface area (Å²) in [6, 6.07) is 17.2. The van der Waals surface area contributed by atoms with E-state index >= 15 is 0 Å². The zero-order chi connectivity index (χ0) is 25.0. The highest BCUT2D eigenvalue weighted by Gasteiger charge is 2.21. The summed E-state index contributed by atoms with van der Waals surface area (Å²) in [5.74, 6) is 2.18. The summed E-state index contributed by atoms with van der Waals surface area (Å²) < 4.78 is 40.4. The topological polar surface area (TPSA) is 76.7 Å². The molecule has 1 fully saturated rings. The van der Waals surface area contributed by atoms with Crippen molar-refractivity contribution in [1.29, 1.82) is 0 Å². The largest absolute Gasteiger partial charge is 0.454 e. The number of thiophene rings is 1. The Balaban J connectivity index is 1.24. The normalized spacial score (nSPS) is 17.0. The van der Waals surface area contributed by atoms with Gasteiger partial charge in [0, 0.05) is 17.5 Å². The molecule has 2 heterocycles. The maximum atomic E-state index is 13.3. The minimum atomic E-state index is -3.72. The van der Waals surface area contributed by atoms with Crippen LogP contribution in [0.1, 0.15) is 57.4 Å². The van der Waals surface area contributed by atoms with Crippen molar-refractivity contribution >= 4 is 27.0 Å². The molecule has 0 radical (unpaired) electrons. The van der Waals surface area contributed by atoms with Crippen molar-refractivity contribution in [3.63, 3.8) is 0 Å². The first-order valence-corrected chi connectivity index (χ1v) is 15.1. The van der Waals surface area contributed by atoms with Crippen LogP contribution in [0.4, 0.5) is 5.69 Å². The van der Waals surface area contributed by atoms with E-state index < -0.39 is 10.0 Å². The lowest BCUT2D eigenvalue weighted by Crippen LogP contribution is -2.28. The van der Waals surface area contributed by atoms with Gasteiger partial charge in [0.15, 0.2) is 11.5 Å². The molecule has 0 unspecified atom stereocenters. The van der Waals surface area contributed by atoms with Crippen LogP contribution in [-0.2, 0) is 16.6 Å². The quantitative estimate of drug-likeness (QED) is 0.301. The monoisotopic (exact) mass is 526 g/mol. The predicted molar refractivity (Wildman–Crippen MR) is 145 cm³/mol. The highest BCUT2D eigenvalue weighted by Crippen LogP contribution is 2.39. The third kappa shape index (κ3) is 6.05. The van der Waals surface area contributed by atoms with Crippen molar-refractivity contribution in [1.82, 2.24) is 5.32 Å². The molecule has 0 spiro atoms. The number of para-hydroxylation sites is 1. The first-order valence-electron chi connectivity index (χ1n) is 12.8. The molecule has 1 aliphatic heterocycles. The van der Waals surface area contributed by atoms with Gasteiger partial charge in [0.05, 0.1) is 5.69 Å². The number of sulfonamides is 1. The second-order valence-corrected chi connectivity index (χ2v) is 12.8. The van der Waals surface area contributed by atoms with Crippen LogP contribution in [0.3, 0.4) is 0 Å². The SMILES string of the molecule is C[C@@H](CC1CCCCCC1)NCc1ccccc1NS(=O)(=O)c1ccc(-c2ccc3c(c2)OCO3)s1. The molecule has 1 atom stereocenters. The number of anilines is 1. The molecule has 5 rings (SSSR count). The van der Waals surface area contributed by atoms with Crippen LogP contribution >= 0.6 is 11.3 Å². The van der Waals surface area contributed by atoms with E-state index in [0.29, 0.717) is 29.8 Å². The Hall–Kier alpha value is -2.55. The van der Waals surface area contributed by atoms with Crippen LogP contribution in [0, 0.1) is 5.92 Å². The first-order chi connectivity index (χ1) is 17.5. The maximum Gasteiger partial charge on any atom is 0.271 e. The summed E-state index contributed by atoms with van der Waals surface area (Å²) in [4.78, 5) is 0.857. The molecule has 36 heavy (non-hydrogen) atoms. The van der Waals surface area contributed by atoms with Crippen LogP contribution < -0.4 is 19.5 Å². The summed E-state index contributed by atoms with van der Waals surface area (Å²) in [5, 5.41) is 3.62. The number of benzene rings is 2. The van der Waals surface area contributed by atoms with Crippen molar-refractivity contribution in [2.24, 2.45) is 5.92 Å². The Labute approximate surface area is 218 Å². The lowest BCUT2D eigenvalue weighted by molar-refractivity contribution is 0.174. The maximum absolute atomic E-state index is 13.3. The minimum Gasteiger partial charge on any atom is -0.454 e. The number of rotatable bonds is 9. The fraction of sp³-hybridized carbons (Fsp3) is 0.429. The van der Waals surface area contributed by atoms with E-state index in [9.17, 15) is 8.42 Å². The molecule has 2 aliphatic rings. The highest BCUT2D eigenvalue weighted by atomic mass is 32.2. The van der Waals surface area contributed by atoms with Crippen LogP contribution in [0.25, 0.3) is 10.4 Å². The number of nitrogens with one attached hydrogen (secondary N) is 2. The molecular formula is C28H34N2O4S2. The van der Waals surface area contributed by atoms with Crippen molar-refractivity contribution in [3.05, 3.63) is 60.2 Å². The lowest BCUT2D eigenvalue weighted by Gasteiger charge is -2.21. The molecule has 1 aliphatic carbocycles. The molecule has 1 saturated carbocycles. The van der Waals surface area contributed by atoms with Gasteiger partial charge in [0.2, 0.25) is 6.79 Å². The van der Waals surface area contributed by atoms with Crippen molar-refractivity contribution in [3.8, 4) is 21.9 Å². The average Bonchev–Trinajstić information content (AvgIpc) is 3.49. The van der Waals surface area contributed by atoms with Gasteiger partial charge in [-0.25, -0.2) is 8.42 Å². The second kappa shape index (κ2) is 11.2. The fourth-order valence-corrected chi connectivity index (χ4v) is 7.51. The van der Waals surface area contributed by atoms with Crippen molar-refractivity contribution in [2.75, 3.05) is 11.5 Å². The van der Waals surface area contributed by atoms with Crippen molar-refractivity contribution < 1.29 is 17.9 Å². The molecule has 192 valence electrons. The Morgan fingerprint density at radius 1 is 0.972 bits per heavy atom. The lowest BCUT2D eigenvalue weighted by atomic mass is 9.93. The van der Waals surface area contributed by atoms with Gasteiger partial charge < -0.3 is 14.8 Å². The van der Waals surface area contributed by atoms with Crippen LogP contribution in [0.5, 0.6) is 11.5 Å². The third-order valence-electron chi connectivity index (χ3n) is 7.07. The highest BCUT2D eigenvalue weighted by molar-refractivity contribution is 7.94. The summed E-state index contributed by atoms with van der Waals surface area (Å²) >= 11 is 1.24. The summed E-state index contributed by atoms with van der Waals surface area (Å²) in [7, 11) is -3.72. The summed E-state index contributed by atoms with van der Waals surface area (Å²) in [5.41, 5.74) is 2.46. The first kappa shape index (κ1) is 25.1. The van der Waals surface area contributed by atoms with E-state index in [4.69, 9.17) is 9.47 Å². The minimum absolute atomic E-state index is 0.209. The zero-order valence-corrected chi connectivity index (χ0v) is 22.3. The van der Waals surface area contributed by atoms with Crippen LogP contribution in [0.2, 0.25) is 0 Å². The number of hydrogen-bond acceptors (Lipinski definition) is 6. The van der Waals surface area contributed by atoms with E-state index in [-0.39, 0.29) is 11.0 Å².